The second kappa shape index (κ2) is 9.43. The molecule has 0 radical (unpaired) electrons. The monoisotopic (exact) mass is 545 g/mol. The van der Waals surface area contributed by atoms with Crippen LogP contribution >= 0.6 is 11.3 Å². The molecule has 1 saturated heterocycles. The van der Waals surface area contributed by atoms with Gasteiger partial charge in [0.25, 0.3) is 0 Å². The summed E-state index contributed by atoms with van der Waals surface area (Å²) in [6.45, 7) is 0.382. The van der Waals surface area contributed by atoms with Crippen LogP contribution in [0.25, 0.3) is 22.4 Å². The summed E-state index contributed by atoms with van der Waals surface area (Å²) >= 11 is 1.30. The number of sulfonamides is 1. The first-order valence-corrected chi connectivity index (χ1v) is 15.4. The number of piperidine rings is 1. The Morgan fingerprint density at radius 1 is 1.03 bits per heavy atom. The minimum absolute atomic E-state index is 0.0266. The summed E-state index contributed by atoms with van der Waals surface area (Å²) < 4.78 is 56.4. The SMILES string of the molecule is CS(=O)(=O)c1ccc(S(=O)(=O)N2CCC(C(=O)Nc3nc(-c4cc5ccccc5o4)cs3)CC2)cc1. The van der Waals surface area contributed by atoms with Crippen molar-refractivity contribution in [1.29, 1.82) is 0 Å². The molecular weight excluding hydrogens is 522 g/mol. The largest absolute Gasteiger partial charge is 0.454 e. The first kappa shape index (κ1) is 24.6. The van der Waals surface area contributed by atoms with Gasteiger partial charge in [0.05, 0.1) is 9.79 Å². The van der Waals surface area contributed by atoms with Crippen molar-refractivity contribution in [2.24, 2.45) is 5.92 Å². The Kier molecular flexibility index (Phi) is 6.45. The molecule has 0 atom stereocenters. The summed E-state index contributed by atoms with van der Waals surface area (Å²) in [5, 5.41) is 6.09. The van der Waals surface area contributed by atoms with Gasteiger partial charge in [0.2, 0.25) is 15.9 Å². The Morgan fingerprint density at radius 3 is 2.36 bits per heavy atom. The number of aromatic nitrogens is 1. The number of fused-ring (bicyclic) bond motifs is 1. The number of rotatable bonds is 6. The number of para-hydroxylation sites is 1. The number of nitrogens with one attached hydrogen (secondary N) is 1. The standard InChI is InChI=1S/C24H23N3O6S3/c1-35(29,30)18-6-8-19(9-7-18)36(31,32)27-12-10-16(11-13-27)23(28)26-24-25-20(15-34-24)22-14-17-4-2-3-5-21(17)33-22/h2-9,14-16H,10-13H2,1H3,(H,25,26,28). The molecule has 1 amide bonds. The molecule has 1 N–H and O–H groups in total. The number of furan rings is 1. The predicted octanol–water partition coefficient (Wildman–Crippen LogP) is 4.00. The molecule has 36 heavy (non-hydrogen) atoms. The Balaban J connectivity index is 1.20. The molecule has 1 aliphatic rings. The van der Waals surface area contributed by atoms with E-state index in [1.54, 1.807) is 0 Å². The number of hydrogen-bond acceptors (Lipinski definition) is 8. The lowest BCUT2D eigenvalue weighted by molar-refractivity contribution is -0.120. The number of nitrogens with zero attached hydrogens (tertiary/aromatic N) is 2. The highest BCUT2D eigenvalue weighted by atomic mass is 32.2. The fourth-order valence-corrected chi connectivity index (χ4v) is 6.93. The second-order valence-corrected chi connectivity index (χ2v) is 13.4. The summed E-state index contributed by atoms with van der Waals surface area (Å²) in [4.78, 5) is 17.4. The number of carbonyl (C=O) groups excluding carboxylic acids is 1. The smallest absolute Gasteiger partial charge is 0.243 e. The van der Waals surface area contributed by atoms with E-state index in [-0.39, 0.29) is 34.7 Å². The van der Waals surface area contributed by atoms with Gasteiger partial charge in [-0.1, -0.05) is 18.2 Å². The first-order valence-electron chi connectivity index (χ1n) is 11.2. The molecule has 5 rings (SSSR count). The van der Waals surface area contributed by atoms with Gasteiger partial charge in [0.15, 0.2) is 20.7 Å². The molecule has 9 nitrogen and oxygen atoms in total. The van der Waals surface area contributed by atoms with Crippen molar-refractivity contribution < 1.29 is 26.0 Å². The molecule has 1 fully saturated rings. The van der Waals surface area contributed by atoms with Crippen LogP contribution in [0.1, 0.15) is 12.8 Å². The number of amides is 1. The van der Waals surface area contributed by atoms with Crippen molar-refractivity contribution in [2.75, 3.05) is 24.7 Å². The molecule has 0 saturated carbocycles. The summed E-state index contributed by atoms with van der Waals surface area (Å²) in [6.07, 6.45) is 1.81. The van der Waals surface area contributed by atoms with Crippen LogP contribution in [-0.2, 0) is 24.7 Å². The normalized spacial score (nSPS) is 15.8. The van der Waals surface area contributed by atoms with Gasteiger partial charge in [-0.15, -0.1) is 11.3 Å². The van der Waals surface area contributed by atoms with Gasteiger partial charge in [0.1, 0.15) is 11.3 Å². The summed E-state index contributed by atoms with van der Waals surface area (Å²) in [7, 11) is -7.20. The third-order valence-electron chi connectivity index (χ3n) is 6.13. The molecule has 3 heterocycles. The van der Waals surface area contributed by atoms with Crippen LogP contribution in [0, 0.1) is 5.92 Å². The molecule has 1 aliphatic heterocycles. The topological polar surface area (TPSA) is 127 Å². The van der Waals surface area contributed by atoms with Gasteiger partial charge in [0, 0.05) is 36.0 Å². The lowest BCUT2D eigenvalue weighted by Gasteiger charge is -2.30. The van der Waals surface area contributed by atoms with E-state index in [9.17, 15) is 21.6 Å². The Hall–Kier alpha value is -3.06. The number of sulfone groups is 1. The summed E-state index contributed by atoms with van der Waals surface area (Å²) in [5.74, 6) is 0.0775. The van der Waals surface area contributed by atoms with E-state index < -0.39 is 19.9 Å². The van der Waals surface area contributed by atoms with Crippen LogP contribution in [0.3, 0.4) is 0 Å². The zero-order valence-corrected chi connectivity index (χ0v) is 21.7. The Labute approximate surface area is 212 Å². The minimum atomic E-state index is -3.78. The molecule has 0 spiro atoms. The van der Waals surface area contributed by atoms with Crippen LogP contribution in [0.15, 0.2) is 74.2 Å². The fourth-order valence-electron chi connectivity index (χ4n) is 4.13. The molecular formula is C24H23N3O6S3. The lowest BCUT2D eigenvalue weighted by Crippen LogP contribution is -2.41. The predicted molar refractivity (Wildman–Crippen MR) is 137 cm³/mol. The van der Waals surface area contributed by atoms with Crippen LogP contribution in [0.2, 0.25) is 0 Å². The Morgan fingerprint density at radius 2 is 1.69 bits per heavy atom. The van der Waals surface area contributed by atoms with E-state index >= 15 is 0 Å². The van der Waals surface area contributed by atoms with Gasteiger partial charge in [-0.05, 0) is 49.2 Å². The molecule has 0 bridgehead atoms. The average Bonchev–Trinajstić information content (AvgIpc) is 3.50. The average molecular weight is 546 g/mol. The van der Waals surface area contributed by atoms with E-state index in [4.69, 9.17) is 4.42 Å². The number of thiazole rings is 1. The van der Waals surface area contributed by atoms with Crippen molar-refractivity contribution >= 4 is 53.2 Å². The van der Waals surface area contributed by atoms with Gasteiger partial charge in [-0.2, -0.15) is 4.31 Å². The van der Waals surface area contributed by atoms with Crippen molar-refractivity contribution in [3.63, 3.8) is 0 Å². The molecule has 4 aromatic rings. The zero-order valence-electron chi connectivity index (χ0n) is 19.2. The highest BCUT2D eigenvalue weighted by molar-refractivity contribution is 7.90. The Bertz CT molecular complexity index is 1600. The second-order valence-electron chi connectivity index (χ2n) is 8.60. The highest BCUT2D eigenvalue weighted by Crippen LogP contribution is 2.31. The number of hydrogen-bond donors (Lipinski definition) is 1. The van der Waals surface area contributed by atoms with E-state index in [1.807, 2.05) is 35.7 Å². The number of carbonyl (C=O) groups is 1. The maximum absolute atomic E-state index is 13.0. The molecule has 188 valence electrons. The lowest BCUT2D eigenvalue weighted by atomic mass is 9.97. The third kappa shape index (κ3) is 4.94. The van der Waals surface area contributed by atoms with Crippen LogP contribution < -0.4 is 5.32 Å². The van der Waals surface area contributed by atoms with Crippen molar-refractivity contribution in [3.8, 4) is 11.5 Å². The van der Waals surface area contributed by atoms with E-state index in [1.165, 1.54) is 39.9 Å². The van der Waals surface area contributed by atoms with Gasteiger partial charge >= 0.3 is 0 Å². The molecule has 0 aliphatic carbocycles. The third-order valence-corrected chi connectivity index (χ3v) is 9.93. The van der Waals surface area contributed by atoms with Crippen molar-refractivity contribution in [1.82, 2.24) is 9.29 Å². The summed E-state index contributed by atoms with van der Waals surface area (Å²) in [6, 6.07) is 14.7. The maximum atomic E-state index is 13.0. The number of anilines is 1. The van der Waals surface area contributed by atoms with E-state index in [0.29, 0.717) is 29.4 Å². The van der Waals surface area contributed by atoms with E-state index in [0.717, 1.165) is 17.2 Å². The van der Waals surface area contributed by atoms with Crippen LogP contribution in [0.5, 0.6) is 0 Å². The molecule has 2 aromatic heterocycles. The van der Waals surface area contributed by atoms with Crippen LogP contribution in [0.4, 0.5) is 5.13 Å². The fraction of sp³-hybridized carbons (Fsp3) is 0.250. The maximum Gasteiger partial charge on any atom is 0.243 e. The van der Waals surface area contributed by atoms with E-state index in [2.05, 4.69) is 10.3 Å². The molecule has 0 unspecified atom stereocenters. The molecule has 2 aromatic carbocycles. The van der Waals surface area contributed by atoms with Crippen molar-refractivity contribution in [3.05, 3.63) is 60.0 Å². The minimum Gasteiger partial charge on any atom is -0.454 e. The van der Waals surface area contributed by atoms with Crippen molar-refractivity contribution in [2.45, 2.75) is 22.6 Å². The van der Waals surface area contributed by atoms with Gasteiger partial charge in [-0.3, -0.25) is 4.79 Å². The van der Waals surface area contributed by atoms with Gasteiger partial charge in [-0.25, -0.2) is 21.8 Å². The zero-order chi connectivity index (χ0) is 25.5. The van der Waals surface area contributed by atoms with Gasteiger partial charge < -0.3 is 9.73 Å². The molecule has 12 heteroatoms. The number of benzene rings is 2. The quantitative estimate of drug-likeness (QED) is 0.388. The van der Waals surface area contributed by atoms with Crippen LogP contribution in [-0.4, -0.2) is 51.4 Å². The first-order chi connectivity index (χ1) is 17.1. The highest BCUT2D eigenvalue weighted by Gasteiger charge is 2.32. The summed E-state index contributed by atoms with van der Waals surface area (Å²) in [5.41, 5.74) is 1.40.